The molecule has 98 valence electrons. The molecule has 1 amide bonds. The lowest BCUT2D eigenvalue weighted by Crippen LogP contribution is -2.33. The van der Waals surface area contributed by atoms with E-state index in [0.29, 0.717) is 5.65 Å². The minimum Gasteiger partial charge on any atom is -0.338 e. The van der Waals surface area contributed by atoms with E-state index in [0.717, 1.165) is 30.4 Å². The van der Waals surface area contributed by atoms with Crippen LogP contribution in [0, 0.1) is 0 Å². The lowest BCUT2D eigenvalue weighted by molar-refractivity contribution is 0.0790. The molecular formula is C13H12BrN3O2. The minimum atomic E-state index is -0.316. The molecule has 0 saturated carbocycles. The molecule has 3 heterocycles. The van der Waals surface area contributed by atoms with E-state index in [1.165, 1.54) is 10.6 Å². The molecule has 2 aromatic heterocycles. The van der Waals surface area contributed by atoms with Crippen molar-refractivity contribution in [1.82, 2.24) is 14.3 Å². The number of fused-ring (bicyclic) bond motifs is 1. The Balaban J connectivity index is 2.11. The molecule has 1 aliphatic heterocycles. The molecule has 0 N–H and O–H groups in total. The van der Waals surface area contributed by atoms with Gasteiger partial charge in [0.1, 0.15) is 11.2 Å². The third-order valence-electron chi connectivity index (χ3n) is 3.29. The standard InChI is InChI=1S/C13H12BrN3O2/c14-9-3-4-11-15-7-10(13(19)17(11)8-9)12(18)16-5-1-2-6-16/h3-4,7-8H,1-2,5-6H2. The predicted octanol–water partition coefficient (Wildman–Crippen LogP) is 1.69. The van der Waals surface area contributed by atoms with E-state index in [-0.39, 0.29) is 17.0 Å². The van der Waals surface area contributed by atoms with Gasteiger partial charge in [-0.2, -0.15) is 0 Å². The number of nitrogens with zero attached hydrogens (tertiary/aromatic N) is 3. The Hall–Kier alpha value is -1.69. The number of aromatic nitrogens is 2. The Morgan fingerprint density at radius 1 is 1.26 bits per heavy atom. The van der Waals surface area contributed by atoms with Crippen molar-refractivity contribution in [3.8, 4) is 0 Å². The van der Waals surface area contributed by atoms with Crippen LogP contribution in [0.4, 0.5) is 0 Å². The van der Waals surface area contributed by atoms with Crippen molar-refractivity contribution in [1.29, 1.82) is 0 Å². The van der Waals surface area contributed by atoms with E-state index in [9.17, 15) is 9.59 Å². The van der Waals surface area contributed by atoms with Gasteiger partial charge in [0.05, 0.1) is 0 Å². The fourth-order valence-electron chi connectivity index (χ4n) is 2.29. The van der Waals surface area contributed by atoms with Gasteiger partial charge >= 0.3 is 0 Å². The van der Waals surface area contributed by atoms with Crippen molar-refractivity contribution in [2.75, 3.05) is 13.1 Å². The van der Waals surface area contributed by atoms with Crippen LogP contribution in [-0.4, -0.2) is 33.3 Å². The average molecular weight is 322 g/mol. The zero-order valence-electron chi connectivity index (χ0n) is 10.2. The lowest BCUT2D eigenvalue weighted by atomic mass is 10.3. The van der Waals surface area contributed by atoms with E-state index in [4.69, 9.17) is 0 Å². The summed E-state index contributed by atoms with van der Waals surface area (Å²) in [6.07, 6.45) is 5.01. The van der Waals surface area contributed by atoms with Crippen LogP contribution in [0.15, 0.2) is 33.8 Å². The molecule has 2 aromatic rings. The van der Waals surface area contributed by atoms with E-state index in [1.54, 1.807) is 17.2 Å². The molecule has 6 heteroatoms. The Kier molecular flexibility index (Phi) is 3.10. The summed E-state index contributed by atoms with van der Waals surface area (Å²) in [4.78, 5) is 30.5. The molecule has 1 aliphatic rings. The summed E-state index contributed by atoms with van der Waals surface area (Å²) in [5, 5.41) is 0. The number of carbonyl (C=O) groups is 1. The van der Waals surface area contributed by atoms with Crippen LogP contribution in [0.3, 0.4) is 0 Å². The van der Waals surface area contributed by atoms with Gasteiger partial charge in [-0.3, -0.25) is 14.0 Å². The average Bonchev–Trinajstić information content (AvgIpc) is 2.93. The van der Waals surface area contributed by atoms with E-state index in [2.05, 4.69) is 20.9 Å². The molecule has 3 rings (SSSR count). The molecular weight excluding hydrogens is 310 g/mol. The first-order valence-electron chi connectivity index (χ1n) is 6.13. The highest BCUT2D eigenvalue weighted by Crippen LogP contribution is 2.12. The van der Waals surface area contributed by atoms with E-state index >= 15 is 0 Å². The van der Waals surface area contributed by atoms with Crippen LogP contribution >= 0.6 is 15.9 Å². The SMILES string of the molecule is O=C(c1cnc2ccc(Br)cn2c1=O)N1CCCC1. The van der Waals surface area contributed by atoms with Gasteiger partial charge < -0.3 is 4.90 Å². The smallest absolute Gasteiger partial charge is 0.270 e. The molecule has 5 nitrogen and oxygen atoms in total. The minimum absolute atomic E-state index is 0.137. The fraction of sp³-hybridized carbons (Fsp3) is 0.308. The maximum atomic E-state index is 12.3. The number of hydrogen-bond donors (Lipinski definition) is 0. The second kappa shape index (κ2) is 4.77. The van der Waals surface area contributed by atoms with Crippen LogP contribution in [0.1, 0.15) is 23.2 Å². The first-order valence-corrected chi connectivity index (χ1v) is 6.92. The quantitative estimate of drug-likeness (QED) is 0.803. The maximum absolute atomic E-state index is 12.3. The van der Waals surface area contributed by atoms with E-state index in [1.807, 2.05) is 6.07 Å². The Bertz CT molecular complexity index is 705. The van der Waals surface area contributed by atoms with Crippen molar-refractivity contribution in [3.05, 3.63) is 44.9 Å². The molecule has 0 unspecified atom stereocenters. The summed E-state index contributed by atoms with van der Waals surface area (Å²) in [7, 11) is 0. The Morgan fingerprint density at radius 3 is 2.74 bits per heavy atom. The van der Waals surface area contributed by atoms with Gasteiger partial charge in [0.2, 0.25) is 0 Å². The van der Waals surface area contributed by atoms with Gasteiger partial charge in [-0.05, 0) is 40.9 Å². The van der Waals surface area contributed by atoms with Crippen LogP contribution in [0.25, 0.3) is 5.65 Å². The number of halogens is 1. The van der Waals surface area contributed by atoms with Crippen molar-refractivity contribution in [2.45, 2.75) is 12.8 Å². The van der Waals surface area contributed by atoms with E-state index < -0.39 is 0 Å². The normalized spacial score (nSPS) is 15.1. The third kappa shape index (κ3) is 2.16. The van der Waals surface area contributed by atoms with Crippen LogP contribution in [-0.2, 0) is 0 Å². The van der Waals surface area contributed by atoms with Crippen LogP contribution < -0.4 is 5.56 Å². The summed E-state index contributed by atoms with van der Waals surface area (Å²) in [6, 6.07) is 3.54. The van der Waals surface area contributed by atoms with Crippen LogP contribution in [0.2, 0.25) is 0 Å². The molecule has 0 aromatic carbocycles. The summed E-state index contributed by atoms with van der Waals surface area (Å²) >= 11 is 3.31. The van der Waals surface area contributed by atoms with Crippen molar-refractivity contribution >= 4 is 27.5 Å². The molecule has 0 atom stereocenters. The molecule has 0 radical (unpaired) electrons. The molecule has 1 saturated heterocycles. The molecule has 0 spiro atoms. The Labute approximate surface area is 118 Å². The molecule has 19 heavy (non-hydrogen) atoms. The highest BCUT2D eigenvalue weighted by Gasteiger charge is 2.22. The first-order chi connectivity index (χ1) is 9.16. The predicted molar refractivity (Wildman–Crippen MR) is 74.3 cm³/mol. The second-order valence-electron chi connectivity index (χ2n) is 4.55. The third-order valence-corrected chi connectivity index (χ3v) is 3.76. The van der Waals surface area contributed by atoms with Crippen molar-refractivity contribution in [3.63, 3.8) is 0 Å². The zero-order chi connectivity index (χ0) is 13.4. The van der Waals surface area contributed by atoms with Crippen molar-refractivity contribution in [2.24, 2.45) is 0 Å². The fourth-order valence-corrected chi connectivity index (χ4v) is 2.62. The summed E-state index contributed by atoms with van der Waals surface area (Å²) < 4.78 is 2.17. The van der Waals surface area contributed by atoms with Gasteiger partial charge in [-0.15, -0.1) is 0 Å². The van der Waals surface area contributed by atoms with Gasteiger partial charge in [-0.25, -0.2) is 4.98 Å². The Morgan fingerprint density at radius 2 is 2.00 bits per heavy atom. The second-order valence-corrected chi connectivity index (χ2v) is 5.47. The largest absolute Gasteiger partial charge is 0.338 e. The number of amides is 1. The molecule has 0 aliphatic carbocycles. The maximum Gasteiger partial charge on any atom is 0.270 e. The summed E-state index contributed by atoms with van der Waals surface area (Å²) in [6.45, 7) is 1.44. The van der Waals surface area contributed by atoms with Gasteiger partial charge in [-0.1, -0.05) is 0 Å². The zero-order valence-corrected chi connectivity index (χ0v) is 11.8. The number of likely N-dealkylation sites (tertiary alicyclic amines) is 1. The number of hydrogen-bond acceptors (Lipinski definition) is 3. The number of rotatable bonds is 1. The highest BCUT2D eigenvalue weighted by atomic mass is 79.9. The topological polar surface area (TPSA) is 54.7 Å². The first kappa shape index (κ1) is 12.3. The van der Waals surface area contributed by atoms with Gasteiger partial charge in [0, 0.05) is 30.0 Å². The highest BCUT2D eigenvalue weighted by molar-refractivity contribution is 9.10. The van der Waals surface area contributed by atoms with Gasteiger partial charge in [0.25, 0.3) is 11.5 Å². The monoisotopic (exact) mass is 321 g/mol. The lowest BCUT2D eigenvalue weighted by Gasteiger charge is -2.14. The number of carbonyl (C=O) groups excluding carboxylic acids is 1. The summed E-state index contributed by atoms with van der Waals surface area (Å²) in [5.41, 5.74) is 0.354. The van der Waals surface area contributed by atoms with Gasteiger partial charge in [0.15, 0.2) is 0 Å². The summed E-state index contributed by atoms with van der Waals surface area (Å²) in [5.74, 6) is -0.218. The molecule has 1 fully saturated rings. The van der Waals surface area contributed by atoms with Crippen molar-refractivity contribution < 1.29 is 4.79 Å². The van der Waals surface area contributed by atoms with Crippen LogP contribution in [0.5, 0.6) is 0 Å². The number of pyridine rings is 1. The molecule has 0 bridgehead atoms.